The van der Waals surface area contributed by atoms with Crippen molar-refractivity contribution in [2.24, 2.45) is 0 Å². The van der Waals surface area contributed by atoms with E-state index in [0.717, 1.165) is 32.7 Å². The van der Waals surface area contributed by atoms with E-state index in [1.54, 1.807) is 24.3 Å². The van der Waals surface area contributed by atoms with Gasteiger partial charge in [-0.2, -0.15) is 0 Å². The van der Waals surface area contributed by atoms with Crippen LogP contribution < -0.4 is 10.5 Å². The first kappa shape index (κ1) is 21.3. The highest BCUT2D eigenvalue weighted by molar-refractivity contribution is 8.00. The van der Waals surface area contributed by atoms with Gasteiger partial charge < -0.3 is 14.5 Å². The number of esters is 1. The number of hydrogen-bond donors (Lipinski definition) is 1. The molecule has 1 aromatic carbocycles. The molecule has 1 atom stereocenters. The molecule has 1 amide bonds. The van der Waals surface area contributed by atoms with Crippen molar-refractivity contribution in [1.29, 1.82) is 0 Å². The fraction of sp³-hybridized carbons (Fsp3) is 0.500. The van der Waals surface area contributed by atoms with Crippen molar-refractivity contribution in [3.63, 3.8) is 0 Å². The zero-order valence-corrected chi connectivity index (χ0v) is 17.8. The number of benzene rings is 1. The molecule has 0 aliphatic carbocycles. The van der Waals surface area contributed by atoms with Crippen LogP contribution in [0.5, 0.6) is 0 Å². The van der Waals surface area contributed by atoms with Gasteiger partial charge in [0.15, 0.2) is 5.16 Å². The first-order chi connectivity index (χ1) is 13.9. The van der Waals surface area contributed by atoms with Crippen molar-refractivity contribution in [1.82, 2.24) is 14.5 Å². The standard InChI is InChI=1S/C20H26N4O4S/c1-4-22-9-11-23(12-10-22)18(26)14(2)29-20-21-16-8-6-5-7-15(16)19(27)24(20)13-17(25)28-3/h5-8,14H,4,9-13H2,1-3H3/p+1/t14-/m0/s1. The summed E-state index contributed by atoms with van der Waals surface area (Å²) in [6.07, 6.45) is 0. The van der Waals surface area contributed by atoms with E-state index in [2.05, 4.69) is 11.9 Å². The number of carbonyl (C=O) groups is 2. The molecule has 0 saturated carbocycles. The van der Waals surface area contributed by atoms with Gasteiger partial charge in [-0.05, 0) is 26.0 Å². The zero-order chi connectivity index (χ0) is 21.0. The van der Waals surface area contributed by atoms with E-state index in [0.29, 0.717) is 16.1 Å². The van der Waals surface area contributed by atoms with Crippen molar-refractivity contribution < 1.29 is 19.2 Å². The largest absolute Gasteiger partial charge is 0.468 e. The molecule has 2 aromatic rings. The monoisotopic (exact) mass is 419 g/mol. The van der Waals surface area contributed by atoms with Gasteiger partial charge in [-0.1, -0.05) is 23.9 Å². The van der Waals surface area contributed by atoms with Crippen molar-refractivity contribution in [3.8, 4) is 0 Å². The molecule has 1 aromatic heterocycles. The molecule has 3 rings (SSSR count). The number of likely N-dealkylation sites (N-methyl/N-ethyl adjacent to an activating group) is 1. The maximum Gasteiger partial charge on any atom is 0.325 e. The minimum atomic E-state index is -0.538. The number of piperazine rings is 1. The Kier molecular flexibility index (Phi) is 6.92. The summed E-state index contributed by atoms with van der Waals surface area (Å²) >= 11 is 1.21. The fourth-order valence-corrected chi connectivity index (χ4v) is 4.43. The molecule has 9 heteroatoms. The Balaban J connectivity index is 1.86. The fourth-order valence-electron chi connectivity index (χ4n) is 3.43. The molecular weight excluding hydrogens is 392 g/mol. The van der Waals surface area contributed by atoms with Crippen LogP contribution in [0.15, 0.2) is 34.2 Å². The second-order valence-electron chi connectivity index (χ2n) is 7.07. The second kappa shape index (κ2) is 9.41. The third-order valence-electron chi connectivity index (χ3n) is 5.25. The van der Waals surface area contributed by atoms with E-state index < -0.39 is 11.2 Å². The molecule has 156 valence electrons. The van der Waals surface area contributed by atoms with Crippen LogP contribution in [-0.2, 0) is 20.9 Å². The molecule has 0 spiro atoms. The van der Waals surface area contributed by atoms with Gasteiger partial charge >= 0.3 is 5.97 Å². The minimum absolute atomic E-state index is 0.0252. The number of amides is 1. The third-order valence-corrected chi connectivity index (χ3v) is 6.33. The number of carbonyl (C=O) groups excluding carboxylic acids is 2. The highest BCUT2D eigenvalue weighted by atomic mass is 32.2. The molecule has 1 fully saturated rings. The summed E-state index contributed by atoms with van der Waals surface area (Å²) < 4.78 is 6.02. The van der Waals surface area contributed by atoms with Gasteiger partial charge in [-0.3, -0.25) is 19.0 Å². The van der Waals surface area contributed by atoms with Gasteiger partial charge in [0, 0.05) is 0 Å². The molecule has 29 heavy (non-hydrogen) atoms. The lowest BCUT2D eigenvalue weighted by atomic mass is 10.2. The molecule has 1 saturated heterocycles. The number of nitrogens with zero attached hydrogens (tertiary/aromatic N) is 3. The number of aromatic nitrogens is 2. The molecule has 0 radical (unpaired) electrons. The molecule has 1 N–H and O–H groups in total. The molecule has 0 unspecified atom stereocenters. The highest BCUT2D eigenvalue weighted by Gasteiger charge is 2.28. The number of rotatable bonds is 6. The summed E-state index contributed by atoms with van der Waals surface area (Å²) in [5, 5.41) is 0.353. The molecule has 2 heterocycles. The summed E-state index contributed by atoms with van der Waals surface area (Å²) in [5.41, 5.74) is 0.226. The van der Waals surface area contributed by atoms with Gasteiger partial charge in [0.2, 0.25) is 5.91 Å². The van der Waals surface area contributed by atoms with E-state index in [4.69, 9.17) is 4.74 Å². The first-order valence-corrected chi connectivity index (χ1v) is 10.7. The molecule has 8 nitrogen and oxygen atoms in total. The second-order valence-corrected chi connectivity index (χ2v) is 8.38. The average Bonchev–Trinajstić information content (AvgIpc) is 2.75. The van der Waals surface area contributed by atoms with Crippen molar-refractivity contribution >= 4 is 34.5 Å². The van der Waals surface area contributed by atoms with E-state index in [9.17, 15) is 14.4 Å². The topological polar surface area (TPSA) is 85.9 Å². The number of methoxy groups -OCH3 is 1. The number of fused-ring (bicyclic) bond motifs is 1. The number of thioether (sulfide) groups is 1. The van der Waals surface area contributed by atoms with Crippen LogP contribution in [0.2, 0.25) is 0 Å². The quantitative estimate of drug-likeness (QED) is 0.396. The number of quaternary nitrogens is 1. The van der Waals surface area contributed by atoms with Gasteiger partial charge in [0.25, 0.3) is 5.56 Å². The predicted molar refractivity (Wildman–Crippen MR) is 111 cm³/mol. The number of ether oxygens (including phenoxy) is 1. The summed E-state index contributed by atoms with van der Waals surface area (Å²) in [7, 11) is 1.28. The Morgan fingerprint density at radius 3 is 2.62 bits per heavy atom. The van der Waals surface area contributed by atoms with Gasteiger partial charge in [-0.25, -0.2) is 4.98 Å². The van der Waals surface area contributed by atoms with Crippen LogP contribution in [0.25, 0.3) is 10.9 Å². The summed E-state index contributed by atoms with van der Waals surface area (Å²) in [4.78, 5) is 45.6. The zero-order valence-electron chi connectivity index (χ0n) is 17.0. The molecular formula is C20H27N4O4S+. The summed E-state index contributed by atoms with van der Waals surface area (Å²) in [5.74, 6) is -0.513. The third kappa shape index (κ3) is 4.79. The highest BCUT2D eigenvalue weighted by Crippen LogP contribution is 2.24. The van der Waals surface area contributed by atoms with E-state index in [-0.39, 0.29) is 18.0 Å². The van der Waals surface area contributed by atoms with Crippen LogP contribution >= 0.6 is 11.8 Å². The van der Waals surface area contributed by atoms with E-state index in [1.807, 2.05) is 11.8 Å². The van der Waals surface area contributed by atoms with Crippen LogP contribution in [0.4, 0.5) is 0 Å². The predicted octanol–water partition coefficient (Wildman–Crippen LogP) is -0.203. The van der Waals surface area contributed by atoms with Gasteiger partial charge in [-0.15, -0.1) is 0 Å². The Bertz CT molecular complexity index is 953. The summed E-state index contributed by atoms with van der Waals surface area (Å²) in [6.45, 7) is 8.14. The van der Waals surface area contributed by atoms with Gasteiger partial charge in [0.05, 0.1) is 56.0 Å². The summed E-state index contributed by atoms with van der Waals surface area (Å²) in [6, 6.07) is 6.99. The van der Waals surface area contributed by atoms with E-state index in [1.165, 1.54) is 28.3 Å². The SMILES string of the molecule is CC[NH+]1CCN(C(=O)[C@H](C)Sc2nc3ccccc3c(=O)n2CC(=O)OC)CC1. The van der Waals surface area contributed by atoms with Crippen molar-refractivity contribution in [2.75, 3.05) is 39.8 Å². The van der Waals surface area contributed by atoms with Crippen LogP contribution in [0.3, 0.4) is 0 Å². The number of nitrogens with one attached hydrogen (secondary N) is 1. The number of hydrogen-bond acceptors (Lipinski definition) is 6. The maximum absolute atomic E-state index is 12.9. The van der Waals surface area contributed by atoms with E-state index >= 15 is 0 Å². The average molecular weight is 420 g/mol. The Labute approximate surface area is 173 Å². The Hall–Kier alpha value is -2.39. The smallest absolute Gasteiger partial charge is 0.325 e. The van der Waals surface area contributed by atoms with Crippen LogP contribution in [0.1, 0.15) is 13.8 Å². The molecule has 0 bridgehead atoms. The normalized spacial score (nSPS) is 16.0. The minimum Gasteiger partial charge on any atom is -0.468 e. The van der Waals surface area contributed by atoms with Crippen molar-refractivity contribution in [2.45, 2.75) is 30.8 Å². The van der Waals surface area contributed by atoms with Crippen molar-refractivity contribution in [3.05, 3.63) is 34.6 Å². The molecule has 1 aliphatic heterocycles. The lowest BCUT2D eigenvalue weighted by Crippen LogP contribution is -3.14. The Morgan fingerprint density at radius 1 is 1.28 bits per heavy atom. The lowest BCUT2D eigenvalue weighted by Gasteiger charge is -2.33. The first-order valence-electron chi connectivity index (χ1n) is 9.80. The van der Waals surface area contributed by atoms with Crippen LogP contribution in [0, 0.1) is 0 Å². The van der Waals surface area contributed by atoms with Crippen LogP contribution in [-0.4, -0.2) is 71.4 Å². The lowest BCUT2D eigenvalue weighted by molar-refractivity contribution is -0.902. The van der Waals surface area contributed by atoms with Gasteiger partial charge in [0.1, 0.15) is 6.54 Å². The Morgan fingerprint density at radius 2 is 1.97 bits per heavy atom. The molecule has 1 aliphatic rings. The maximum atomic E-state index is 12.9. The number of para-hydroxylation sites is 1.